The summed E-state index contributed by atoms with van der Waals surface area (Å²) in [6.07, 6.45) is 0.515. The average Bonchev–Trinajstić information content (AvgIpc) is 2.46. The van der Waals surface area contributed by atoms with Crippen molar-refractivity contribution in [1.29, 1.82) is 0 Å². The number of rotatable bonds is 1. The lowest BCUT2D eigenvalue weighted by Crippen LogP contribution is -2.32. The molecule has 1 aliphatic heterocycles. The minimum absolute atomic E-state index is 0.172. The van der Waals surface area contributed by atoms with Gasteiger partial charge in [-0.2, -0.15) is 22.5 Å². The molecule has 0 fully saturated rings. The van der Waals surface area contributed by atoms with Crippen molar-refractivity contribution >= 4 is 21.6 Å². The summed E-state index contributed by atoms with van der Waals surface area (Å²) in [4.78, 5) is 3.85. The molecule has 2 aromatic rings. The molecule has 2 heterocycles. The van der Waals surface area contributed by atoms with Crippen molar-refractivity contribution in [3.63, 3.8) is 0 Å². The highest BCUT2D eigenvalue weighted by Gasteiger charge is 2.28. The molecule has 7 heteroatoms. The predicted octanol–water partition coefficient (Wildman–Crippen LogP) is 3.96. The highest BCUT2D eigenvalue weighted by molar-refractivity contribution is 9.10. The summed E-state index contributed by atoms with van der Waals surface area (Å²) in [5.74, 6) is -6.20. The van der Waals surface area contributed by atoms with Gasteiger partial charge in [-0.3, -0.25) is 0 Å². The lowest BCUT2D eigenvalue weighted by atomic mass is 9.99. The van der Waals surface area contributed by atoms with Crippen LogP contribution in [0.2, 0.25) is 0 Å². The van der Waals surface area contributed by atoms with Crippen LogP contribution in [0.25, 0.3) is 0 Å². The molecule has 1 aromatic carbocycles. The van der Waals surface area contributed by atoms with Crippen molar-refractivity contribution in [1.82, 2.24) is 4.98 Å². The SMILES string of the molecule is Fc1nc(F)c(F)c(N2CCc3c(Br)cccc3C2)c1F. The van der Waals surface area contributed by atoms with Crippen LogP contribution in [-0.4, -0.2) is 11.5 Å². The highest BCUT2D eigenvalue weighted by Crippen LogP contribution is 2.32. The molecular formula is C14H9BrF4N2. The molecule has 0 N–H and O–H groups in total. The van der Waals surface area contributed by atoms with Gasteiger partial charge >= 0.3 is 0 Å². The molecule has 0 amide bonds. The molecule has 1 aromatic heterocycles. The number of halogens is 5. The Hall–Kier alpha value is -1.63. The molecule has 3 rings (SSSR count). The van der Waals surface area contributed by atoms with Gasteiger partial charge in [0.05, 0.1) is 0 Å². The quantitative estimate of drug-likeness (QED) is 0.565. The van der Waals surface area contributed by atoms with Crippen LogP contribution in [0.3, 0.4) is 0 Å². The zero-order valence-corrected chi connectivity index (χ0v) is 12.2. The van der Waals surface area contributed by atoms with Crippen LogP contribution in [0.15, 0.2) is 22.7 Å². The van der Waals surface area contributed by atoms with Gasteiger partial charge in [0.2, 0.25) is 11.6 Å². The van der Waals surface area contributed by atoms with E-state index in [4.69, 9.17) is 0 Å². The fourth-order valence-electron chi connectivity index (χ4n) is 2.51. The number of benzene rings is 1. The summed E-state index contributed by atoms with van der Waals surface area (Å²) < 4.78 is 54.9. The van der Waals surface area contributed by atoms with Crippen LogP contribution >= 0.6 is 15.9 Å². The van der Waals surface area contributed by atoms with Crippen LogP contribution in [0.5, 0.6) is 0 Å². The zero-order valence-electron chi connectivity index (χ0n) is 10.6. The Morgan fingerprint density at radius 1 is 1.05 bits per heavy atom. The summed E-state index contributed by atoms with van der Waals surface area (Å²) in [5, 5.41) is 0. The molecular weight excluding hydrogens is 352 g/mol. The lowest BCUT2D eigenvalue weighted by molar-refractivity contribution is 0.404. The smallest absolute Gasteiger partial charge is 0.253 e. The number of hydrogen-bond donors (Lipinski definition) is 0. The Labute approximate surface area is 126 Å². The minimum Gasteiger partial charge on any atom is -0.362 e. The van der Waals surface area contributed by atoms with E-state index in [1.807, 2.05) is 12.1 Å². The molecule has 2 nitrogen and oxygen atoms in total. The molecule has 0 saturated heterocycles. The first-order chi connectivity index (χ1) is 9.99. The number of pyridine rings is 1. The molecule has 21 heavy (non-hydrogen) atoms. The van der Waals surface area contributed by atoms with Crippen LogP contribution in [0.1, 0.15) is 11.1 Å². The maximum absolute atomic E-state index is 13.8. The van der Waals surface area contributed by atoms with E-state index in [1.165, 1.54) is 4.90 Å². The fraction of sp³-hybridized carbons (Fsp3) is 0.214. The third-order valence-electron chi connectivity index (χ3n) is 3.50. The summed E-state index contributed by atoms with van der Waals surface area (Å²) in [7, 11) is 0. The van der Waals surface area contributed by atoms with E-state index in [0.717, 1.165) is 15.6 Å². The summed E-state index contributed by atoms with van der Waals surface area (Å²) in [6.45, 7) is 0.428. The van der Waals surface area contributed by atoms with Gasteiger partial charge in [0.25, 0.3) is 11.9 Å². The Balaban J connectivity index is 2.05. The normalized spacial score (nSPS) is 14.2. The fourth-order valence-corrected chi connectivity index (χ4v) is 3.11. The topological polar surface area (TPSA) is 16.1 Å². The van der Waals surface area contributed by atoms with Crippen LogP contribution < -0.4 is 4.90 Å². The molecule has 110 valence electrons. The minimum atomic E-state index is -1.64. The standard InChI is InChI=1S/C14H9BrF4N2/c15-9-3-1-2-7-6-21(5-4-8(7)9)12-10(16)13(18)20-14(19)11(12)17/h1-3H,4-6H2. The van der Waals surface area contributed by atoms with Gasteiger partial charge in [-0.05, 0) is 23.6 Å². The van der Waals surface area contributed by atoms with E-state index in [2.05, 4.69) is 20.9 Å². The molecule has 0 aliphatic carbocycles. The van der Waals surface area contributed by atoms with Crippen LogP contribution in [-0.2, 0) is 13.0 Å². The first-order valence-electron chi connectivity index (χ1n) is 6.20. The van der Waals surface area contributed by atoms with E-state index in [0.29, 0.717) is 6.42 Å². The van der Waals surface area contributed by atoms with Gasteiger partial charge in [0.1, 0.15) is 5.69 Å². The second kappa shape index (κ2) is 5.29. The molecule has 1 aliphatic rings. The Morgan fingerprint density at radius 3 is 2.38 bits per heavy atom. The van der Waals surface area contributed by atoms with E-state index in [9.17, 15) is 17.6 Å². The lowest BCUT2D eigenvalue weighted by Gasteiger charge is -2.31. The molecule has 0 radical (unpaired) electrons. The molecule has 0 unspecified atom stereocenters. The highest BCUT2D eigenvalue weighted by atomic mass is 79.9. The Morgan fingerprint density at radius 2 is 1.71 bits per heavy atom. The van der Waals surface area contributed by atoms with Crippen molar-refractivity contribution in [2.24, 2.45) is 0 Å². The van der Waals surface area contributed by atoms with E-state index in [-0.39, 0.29) is 13.1 Å². The van der Waals surface area contributed by atoms with Crippen molar-refractivity contribution in [3.8, 4) is 0 Å². The molecule has 0 spiro atoms. The summed E-state index contributed by atoms with van der Waals surface area (Å²) in [5.41, 5.74) is 1.18. The number of fused-ring (bicyclic) bond motifs is 1. The molecule has 0 saturated carbocycles. The maximum Gasteiger partial charge on any atom is 0.253 e. The van der Waals surface area contributed by atoms with Gasteiger partial charge < -0.3 is 4.90 Å². The van der Waals surface area contributed by atoms with Crippen molar-refractivity contribution in [2.45, 2.75) is 13.0 Å². The number of nitrogens with zero attached hydrogens (tertiary/aromatic N) is 2. The van der Waals surface area contributed by atoms with Crippen LogP contribution in [0.4, 0.5) is 23.2 Å². The van der Waals surface area contributed by atoms with E-state index < -0.39 is 29.2 Å². The van der Waals surface area contributed by atoms with Gasteiger partial charge in [-0.25, -0.2) is 0 Å². The van der Waals surface area contributed by atoms with Gasteiger partial charge in [-0.1, -0.05) is 28.1 Å². The summed E-state index contributed by atoms with van der Waals surface area (Å²) >= 11 is 3.41. The van der Waals surface area contributed by atoms with Crippen molar-refractivity contribution in [2.75, 3.05) is 11.4 Å². The monoisotopic (exact) mass is 360 g/mol. The van der Waals surface area contributed by atoms with E-state index >= 15 is 0 Å². The largest absolute Gasteiger partial charge is 0.362 e. The zero-order chi connectivity index (χ0) is 15.1. The first kappa shape index (κ1) is 14.3. The maximum atomic E-state index is 13.8. The number of hydrogen-bond acceptors (Lipinski definition) is 2. The summed E-state index contributed by atoms with van der Waals surface area (Å²) in [6, 6.07) is 5.49. The average molecular weight is 361 g/mol. The number of aromatic nitrogens is 1. The van der Waals surface area contributed by atoms with Crippen molar-refractivity contribution < 1.29 is 17.6 Å². The Kier molecular flexibility index (Phi) is 3.61. The van der Waals surface area contributed by atoms with Gasteiger partial charge in [0, 0.05) is 17.6 Å². The van der Waals surface area contributed by atoms with E-state index in [1.54, 1.807) is 6.07 Å². The second-order valence-electron chi connectivity index (χ2n) is 4.72. The first-order valence-corrected chi connectivity index (χ1v) is 6.99. The van der Waals surface area contributed by atoms with Gasteiger partial charge in [-0.15, -0.1) is 0 Å². The second-order valence-corrected chi connectivity index (χ2v) is 5.57. The molecule has 0 bridgehead atoms. The van der Waals surface area contributed by atoms with Crippen molar-refractivity contribution in [3.05, 3.63) is 57.3 Å². The van der Waals surface area contributed by atoms with Crippen LogP contribution in [0, 0.1) is 23.5 Å². The third kappa shape index (κ3) is 2.39. The molecule has 0 atom stereocenters. The van der Waals surface area contributed by atoms with Gasteiger partial charge in [0.15, 0.2) is 0 Å². The Bertz CT molecular complexity index is 694. The predicted molar refractivity (Wildman–Crippen MR) is 73.0 cm³/mol. The third-order valence-corrected chi connectivity index (χ3v) is 4.24. The number of anilines is 1.